The van der Waals surface area contributed by atoms with Crippen LogP contribution in [0.25, 0.3) is 0 Å². The Bertz CT molecular complexity index is 666. The molecule has 0 heterocycles. The van der Waals surface area contributed by atoms with Crippen molar-refractivity contribution in [1.29, 1.82) is 5.26 Å². The second-order valence-electron chi connectivity index (χ2n) is 4.29. The third-order valence-corrected chi connectivity index (χ3v) is 2.89. The van der Waals surface area contributed by atoms with E-state index in [1.165, 1.54) is 24.3 Å². The van der Waals surface area contributed by atoms with Crippen molar-refractivity contribution < 1.29 is 17.9 Å². The first-order valence-electron chi connectivity index (χ1n) is 6.01. The number of hydrogen-bond acceptors (Lipinski definition) is 3. The molecule has 116 valence electrons. The Balaban J connectivity index is 0.00000242. The van der Waals surface area contributed by atoms with Crippen molar-refractivity contribution in [3.05, 3.63) is 65.2 Å². The molecule has 0 bridgehead atoms. The standard InChI is InChI=1S/C15H11F3N2O.ClH/c16-15(17,18)21-12-7-5-10(6-8-12)14(20)13-4-2-1-3-11(13)9-19;/h1-8,14H,20H2;1H/t14-;/m0./s1. The summed E-state index contributed by atoms with van der Waals surface area (Å²) in [5.41, 5.74) is 7.69. The maximum Gasteiger partial charge on any atom is 0.573 e. The zero-order valence-electron chi connectivity index (χ0n) is 11.2. The van der Waals surface area contributed by atoms with Crippen LogP contribution >= 0.6 is 12.4 Å². The third-order valence-electron chi connectivity index (χ3n) is 2.89. The van der Waals surface area contributed by atoms with Crippen LogP contribution in [0.1, 0.15) is 22.7 Å². The number of nitrogens with two attached hydrogens (primary N) is 1. The van der Waals surface area contributed by atoms with Crippen molar-refractivity contribution >= 4 is 12.4 Å². The average molecular weight is 329 g/mol. The van der Waals surface area contributed by atoms with Crippen LogP contribution in [-0.4, -0.2) is 6.36 Å². The summed E-state index contributed by atoms with van der Waals surface area (Å²) in [6, 6.07) is 13.5. The molecule has 22 heavy (non-hydrogen) atoms. The Morgan fingerprint density at radius 1 is 1.05 bits per heavy atom. The molecule has 0 spiro atoms. The fourth-order valence-electron chi connectivity index (χ4n) is 1.93. The highest BCUT2D eigenvalue weighted by Gasteiger charge is 2.31. The normalized spacial score (nSPS) is 12.0. The van der Waals surface area contributed by atoms with Gasteiger partial charge >= 0.3 is 6.36 Å². The maximum atomic E-state index is 12.1. The summed E-state index contributed by atoms with van der Waals surface area (Å²) in [6.45, 7) is 0. The quantitative estimate of drug-likeness (QED) is 0.928. The zero-order valence-corrected chi connectivity index (χ0v) is 12.0. The molecule has 7 heteroatoms. The molecule has 0 saturated heterocycles. The van der Waals surface area contributed by atoms with Gasteiger partial charge in [0.25, 0.3) is 0 Å². The fraction of sp³-hybridized carbons (Fsp3) is 0.133. The van der Waals surface area contributed by atoms with Crippen molar-refractivity contribution in [3.63, 3.8) is 0 Å². The lowest BCUT2D eigenvalue weighted by molar-refractivity contribution is -0.274. The fourth-order valence-corrected chi connectivity index (χ4v) is 1.93. The minimum atomic E-state index is -4.73. The number of halogens is 4. The first-order chi connectivity index (χ1) is 9.90. The number of alkyl halides is 3. The van der Waals surface area contributed by atoms with E-state index in [0.717, 1.165) is 0 Å². The highest BCUT2D eigenvalue weighted by Crippen LogP contribution is 2.27. The molecule has 0 fully saturated rings. The van der Waals surface area contributed by atoms with Gasteiger partial charge in [0.15, 0.2) is 0 Å². The summed E-state index contributed by atoms with van der Waals surface area (Å²) >= 11 is 0. The lowest BCUT2D eigenvalue weighted by Crippen LogP contribution is -2.17. The second-order valence-corrected chi connectivity index (χ2v) is 4.29. The molecular formula is C15H12ClF3N2O. The average Bonchev–Trinajstić information content (AvgIpc) is 2.45. The topological polar surface area (TPSA) is 59.0 Å². The van der Waals surface area contributed by atoms with Crippen LogP contribution in [0.4, 0.5) is 13.2 Å². The van der Waals surface area contributed by atoms with Crippen molar-refractivity contribution in [2.24, 2.45) is 5.73 Å². The van der Waals surface area contributed by atoms with Gasteiger partial charge in [-0.05, 0) is 29.3 Å². The molecule has 0 amide bonds. The molecule has 0 radical (unpaired) electrons. The molecule has 1 atom stereocenters. The maximum absolute atomic E-state index is 12.1. The van der Waals surface area contributed by atoms with Gasteiger partial charge < -0.3 is 10.5 Å². The van der Waals surface area contributed by atoms with Crippen LogP contribution in [0.2, 0.25) is 0 Å². The summed E-state index contributed by atoms with van der Waals surface area (Å²) in [4.78, 5) is 0. The van der Waals surface area contributed by atoms with Gasteiger partial charge in [0.1, 0.15) is 5.75 Å². The van der Waals surface area contributed by atoms with Gasteiger partial charge in [0, 0.05) is 0 Å². The Morgan fingerprint density at radius 3 is 2.18 bits per heavy atom. The molecule has 0 aromatic heterocycles. The van der Waals surface area contributed by atoms with Crippen molar-refractivity contribution in [1.82, 2.24) is 0 Å². The second kappa shape index (κ2) is 7.16. The van der Waals surface area contributed by atoms with Crippen molar-refractivity contribution in [2.45, 2.75) is 12.4 Å². The highest BCUT2D eigenvalue weighted by molar-refractivity contribution is 5.85. The lowest BCUT2D eigenvalue weighted by atomic mass is 9.96. The molecule has 2 N–H and O–H groups in total. The van der Waals surface area contributed by atoms with E-state index >= 15 is 0 Å². The van der Waals surface area contributed by atoms with E-state index in [2.05, 4.69) is 4.74 Å². The number of ether oxygens (including phenoxy) is 1. The van der Waals surface area contributed by atoms with E-state index in [1.807, 2.05) is 6.07 Å². The van der Waals surface area contributed by atoms with Gasteiger partial charge in [-0.2, -0.15) is 5.26 Å². The van der Waals surface area contributed by atoms with Gasteiger partial charge in [0.2, 0.25) is 0 Å². The molecular weight excluding hydrogens is 317 g/mol. The SMILES string of the molecule is Cl.N#Cc1ccccc1[C@@H](N)c1ccc(OC(F)(F)F)cc1. The number of rotatable bonds is 3. The summed E-state index contributed by atoms with van der Waals surface area (Å²) < 4.78 is 40.0. The summed E-state index contributed by atoms with van der Waals surface area (Å²) in [7, 11) is 0. The van der Waals surface area contributed by atoms with E-state index in [1.54, 1.807) is 24.3 Å². The van der Waals surface area contributed by atoms with Crippen LogP contribution in [0.3, 0.4) is 0 Å². The molecule has 0 aliphatic carbocycles. The van der Waals surface area contributed by atoms with Gasteiger partial charge in [0.05, 0.1) is 17.7 Å². The molecule has 0 unspecified atom stereocenters. The predicted molar refractivity (Wildman–Crippen MR) is 77.6 cm³/mol. The molecule has 2 aromatic carbocycles. The van der Waals surface area contributed by atoms with E-state index in [9.17, 15) is 13.2 Å². The van der Waals surface area contributed by atoms with Gasteiger partial charge in [-0.25, -0.2) is 0 Å². The number of nitrogens with zero attached hydrogens (tertiary/aromatic N) is 1. The first kappa shape index (κ1) is 17.8. The lowest BCUT2D eigenvalue weighted by Gasteiger charge is -2.15. The molecule has 2 rings (SSSR count). The molecule has 0 aliphatic rings. The van der Waals surface area contributed by atoms with Gasteiger partial charge in [-0.1, -0.05) is 30.3 Å². The number of benzene rings is 2. The predicted octanol–water partition coefficient (Wildman–Crippen LogP) is 3.93. The van der Waals surface area contributed by atoms with Crippen LogP contribution in [0.15, 0.2) is 48.5 Å². The van der Waals surface area contributed by atoms with E-state index in [4.69, 9.17) is 11.0 Å². The van der Waals surface area contributed by atoms with Gasteiger partial charge in [-0.3, -0.25) is 0 Å². The summed E-state index contributed by atoms with van der Waals surface area (Å²) in [5, 5.41) is 9.04. The number of nitriles is 1. The molecule has 2 aromatic rings. The Labute approximate surface area is 131 Å². The Morgan fingerprint density at radius 2 is 1.64 bits per heavy atom. The monoisotopic (exact) mass is 328 g/mol. The van der Waals surface area contributed by atoms with E-state index in [0.29, 0.717) is 16.7 Å². The van der Waals surface area contributed by atoms with Crippen LogP contribution in [0.5, 0.6) is 5.75 Å². The van der Waals surface area contributed by atoms with E-state index in [-0.39, 0.29) is 18.2 Å². The van der Waals surface area contributed by atoms with Crippen LogP contribution < -0.4 is 10.5 Å². The van der Waals surface area contributed by atoms with E-state index < -0.39 is 12.4 Å². The largest absolute Gasteiger partial charge is 0.573 e. The third kappa shape index (κ3) is 4.38. The minimum Gasteiger partial charge on any atom is -0.406 e. The summed E-state index contributed by atoms with van der Waals surface area (Å²) in [5.74, 6) is -0.313. The van der Waals surface area contributed by atoms with Crippen molar-refractivity contribution in [2.75, 3.05) is 0 Å². The Hall–Kier alpha value is -2.23. The zero-order chi connectivity index (χ0) is 15.5. The van der Waals surface area contributed by atoms with Crippen LogP contribution in [-0.2, 0) is 0 Å². The Kier molecular flexibility index (Phi) is 5.80. The minimum absolute atomic E-state index is 0. The highest BCUT2D eigenvalue weighted by atomic mass is 35.5. The number of hydrogen-bond donors (Lipinski definition) is 1. The smallest absolute Gasteiger partial charge is 0.406 e. The van der Waals surface area contributed by atoms with Crippen molar-refractivity contribution in [3.8, 4) is 11.8 Å². The first-order valence-corrected chi connectivity index (χ1v) is 6.01. The molecule has 0 saturated carbocycles. The van der Waals surface area contributed by atoms with Crippen LogP contribution in [0, 0.1) is 11.3 Å². The summed E-state index contributed by atoms with van der Waals surface area (Å²) in [6.07, 6.45) is -4.73. The molecule has 0 aliphatic heterocycles. The molecule has 3 nitrogen and oxygen atoms in total. The van der Waals surface area contributed by atoms with Gasteiger partial charge in [-0.15, -0.1) is 25.6 Å².